The number of allylic oxidation sites excluding steroid dienone is 2. The second-order valence-electron chi connectivity index (χ2n) is 6.21. The van der Waals surface area contributed by atoms with E-state index in [1.165, 1.54) is 7.11 Å². The Labute approximate surface area is 165 Å². The standard InChI is InChI=1S/C17H25NO5.Na.H/c1-6-8-11(18-23-9-7-2)13-12(19)10-17(3,4)14(15(13)20)16(21)22-5;;/h7,14,18H,2,6,8-10H2,1,3-5H3;;. The Morgan fingerprint density at radius 3 is 2.54 bits per heavy atom. The van der Waals surface area contributed by atoms with E-state index in [4.69, 9.17) is 9.57 Å². The number of esters is 1. The number of nitrogens with one attached hydrogen (secondary N) is 1. The van der Waals surface area contributed by atoms with Crippen LogP contribution >= 0.6 is 0 Å². The molecular formula is C17H26NNaO5. The van der Waals surface area contributed by atoms with Gasteiger partial charge in [-0.2, -0.15) is 0 Å². The molecule has 1 rings (SSSR count). The summed E-state index contributed by atoms with van der Waals surface area (Å²) in [6, 6.07) is 0. The maximum atomic E-state index is 12.8. The zero-order valence-corrected chi connectivity index (χ0v) is 14.2. The van der Waals surface area contributed by atoms with E-state index in [0.717, 1.165) is 6.42 Å². The molecule has 0 bridgehead atoms. The number of Topliss-reactive ketones (excluding diaryl/α,β-unsaturated/α-hetero) is 2. The molecule has 1 atom stereocenters. The normalized spacial score (nSPS) is 21.6. The Kier molecular flexibility index (Phi) is 9.73. The van der Waals surface area contributed by atoms with Crippen molar-refractivity contribution in [2.24, 2.45) is 11.3 Å². The number of rotatable bonds is 7. The first-order valence-corrected chi connectivity index (χ1v) is 7.67. The summed E-state index contributed by atoms with van der Waals surface area (Å²) in [6.45, 7) is 9.14. The SMILES string of the molecule is C=CCONC(CCC)=C1C(=O)CC(C)(C)C(C(=O)OC)C1=O.[NaH]. The fourth-order valence-corrected chi connectivity index (χ4v) is 2.77. The summed E-state index contributed by atoms with van der Waals surface area (Å²) in [4.78, 5) is 42.5. The molecule has 0 amide bonds. The van der Waals surface area contributed by atoms with Gasteiger partial charge < -0.3 is 4.74 Å². The maximum absolute atomic E-state index is 12.8. The van der Waals surface area contributed by atoms with Gasteiger partial charge in [-0.3, -0.25) is 24.7 Å². The first-order chi connectivity index (χ1) is 10.8. The van der Waals surface area contributed by atoms with Crippen molar-refractivity contribution in [3.05, 3.63) is 23.9 Å². The number of hydrogen-bond acceptors (Lipinski definition) is 6. The first-order valence-electron chi connectivity index (χ1n) is 7.67. The minimum atomic E-state index is -0.992. The minimum absolute atomic E-state index is 0. The van der Waals surface area contributed by atoms with E-state index in [0.29, 0.717) is 12.1 Å². The van der Waals surface area contributed by atoms with E-state index in [2.05, 4.69) is 12.1 Å². The fraction of sp³-hybridized carbons (Fsp3) is 0.588. The molecule has 0 radical (unpaired) electrons. The van der Waals surface area contributed by atoms with Crippen molar-refractivity contribution in [2.75, 3.05) is 13.7 Å². The van der Waals surface area contributed by atoms with E-state index < -0.39 is 23.1 Å². The molecule has 0 heterocycles. The number of ketones is 2. The van der Waals surface area contributed by atoms with Crippen LogP contribution in [0.5, 0.6) is 0 Å². The van der Waals surface area contributed by atoms with Crippen LogP contribution in [0.1, 0.15) is 40.0 Å². The Bertz CT molecular complexity index is 539. The number of hydrogen-bond donors (Lipinski definition) is 1. The third kappa shape index (κ3) is 5.28. The van der Waals surface area contributed by atoms with Crippen LogP contribution in [0.2, 0.25) is 0 Å². The van der Waals surface area contributed by atoms with Crippen molar-refractivity contribution in [1.29, 1.82) is 0 Å². The number of hydroxylamine groups is 1. The van der Waals surface area contributed by atoms with Crippen LogP contribution in [0, 0.1) is 11.3 Å². The number of carbonyl (C=O) groups excluding carboxylic acids is 3. The van der Waals surface area contributed by atoms with Crippen molar-refractivity contribution in [1.82, 2.24) is 5.48 Å². The Morgan fingerprint density at radius 2 is 2.04 bits per heavy atom. The van der Waals surface area contributed by atoms with Gasteiger partial charge in [0.1, 0.15) is 5.92 Å². The van der Waals surface area contributed by atoms with Gasteiger partial charge in [-0.25, -0.2) is 0 Å². The van der Waals surface area contributed by atoms with E-state index in [-0.39, 0.29) is 53.9 Å². The summed E-state index contributed by atoms with van der Waals surface area (Å²) >= 11 is 0. The summed E-state index contributed by atoms with van der Waals surface area (Å²) in [5.74, 6) is -2.39. The molecule has 1 fully saturated rings. The van der Waals surface area contributed by atoms with Crippen LogP contribution in [0.25, 0.3) is 0 Å². The second-order valence-corrected chi connectivity index (χ2v) is 6.21. The summed E-state index contributed by atoms with van der Waals surface area (Å²) in [6.07, 6.45) is 2.84. The van der Waals surface area contributed by atoms with Crippen LogP contribution in [-0.2, 0) is 24.0 Å². The van der Waals surface area contributed by atoms with Gasteiger partial charge in [0.25, 0.3) is 0 Å². The molecule has 1 saturated carbocycles. The van der Waals surface area contributed by atoms with Crippen molar-refractivity contribution in [3.8, 4) is 0 Å². The first kappa shape index (κ1) is 23.1. The Balaban J connectivity index is 0.00000529. The van der Waals surface area contributed by atoms with Gasteiger partial charge in [-0.05, 0) is 11.8 Å². The molecule has 0 aromatic carbocycles. The molecule has 7 heteroatoms. The molecule has 0 aromatic heterocycles. The zero-order chi connectivity index (χ0) is 17.6. The number of ether oxygens (including phenoxy) is 1. The van der Waals surface area contributed by atoms with Crippen LogP contribution in [0.15, 0.2) is 23.9 Å². The zero-order valence-electron chi connectivity index (χ0n) is 14.2. The van der Waals surface area contributed by atoms with E-state index in [1.807, 2.05) is 6.92 Å². The molecular weight excluding hydrogens is 321 g/mol. The topological polar surface area (TPSA) is 81.7 Å². The van der Waals surface area contributed by atoms with Gasteiger partial charge in [0.2, 0.25) is 0 Å². The molecule has 1 aliphatic rings. The summed E-state index contributed by atoms with van der Waals surface area (Å²) < 4.78 is 4.76. The van der Waals surface area contributed by atoms with E-state index >= 15 is 0 Å². The molecule has 1 aliphatic carbocycles. The quantitative estimate of drug-likeness (QED) is 0.110. The van der Waals surface area contributed by atoms with Crippen LogP contribution in [0.3, 0.4) is 0 Å². The molecule has 130 valence electrons. The monoisotopic (exact) mass is 347 g/mol. The molecule has 24 heavy (non-hydrogen) atoms. The molecule has 0 saturated heterocycles. The molecule has 0 spiro atoms. The third-order valence-electron chi connectivity index (χ3n) is 3.82. The average Bonchev–Trinajstić information content (AvgIpc) is 2.45. The number of methoxy groups -OCH3 is 1. The average molecular weight is 347 g/mol. The van der Waals surface area contributed by atoms with Crippen LogP contribution in [0.4, 0.5) is 0 Å². The summed E-state index contributed by atoms with van der Waals surface area (Å²) in [5.41, 5.74) is 2.33. The second kappa shape index (κ2) is 10.1. The van der Waals surface area contributed by atoms with Gasteiger partial charge in [-0.15, -0.1) is 6.58 Å². The van der Waals surface area contributed by atoms with Gasteiger partial charge in [-0.1, -0.05) is 33.3 Å². The van der Waals surface area contributed by atoms with Crippen LogP contribution in [-0.4, -0.2) is 60.8 Å². The van der Waals surface area contributed by atoms with Crippen LogP contribution < -0.4 is 5.48 Å². The third-order valence-corrected chi connectivity index (χ3v) is 3.82. The molecule has 1 N–H and O–H groups in total. The Morgan fingerprint density at radius 1 is 1.42 bits per heavy atom. The van der Waals surface area contributed by atoms with E-state index in [1.54, 1.807) is 19.9 Å². The molecule has 0 aromatic rings. The molecule has 0 aliphatic heterocycles. The Hall–Kier alpha value is -0.950. The van der Waals surface area contributed by atoms with Crippen molar-refractivity contribution < 1.29 is 24.0 Å². The molecule has 6 nitrogen and oxygen atoms in total. The van der Waals surface area contributed by atoms with Crippen molar-refractivity contribution in [3.63, 3.8) is 0 Å². The van der Waals surface area contributed by atoms with Gasteiger partial charge in [0, 0.05) is 6.42 Å². The fourth-order valence-electron chi connectivity index (χ4n) is 2.77. The molecule has 1 unspecified atom stereocenters. The van der Waals surface area contributed by atoms with Gasteiger partial charge >= 0.3 is 35.5 Å². The predicted molar refractivity (Wildman–Crippen MR) is 92.3 cm³/mol. The van der Waals surface area contributed by atoms with E-state index in [9.17, 15) is 14.4 Å². The van der Waals surface area contributed by atoms with Crippen molar-refractivity contribution >= 4 is 47.1 Å². The summed E-state index contributed by atoms with van der Waals surface area (Å²) in [5, 5.41) is 0. The van der Waals surface area contributed by atoms with Crippen molar-refractivity contribution in [2.45, 2.75) is 40.0 Å². The van der Waals surface area contributed by atoms with Gasteiger partial charge in [0.15, 0.2) is 11.6 Å². The summed E-state index contributed by atoms with van der Waals surface area (Å²) in [7, 11) is 1.24. The van der Waals surface area contributed by atoms with Gasteiger partial charge in [0.05, 0.1) is 25.0 Å². The number of carbonyl (C=O) groups is 3. The predicted octanol–water partition coefficient (Wildman–Crippen LogP) is 1.46.